The zero-order valence-electron chi connectivity index (χ0n) is 12.9. The van der Waals surface area contributed by atoms with Crippen LogP contribution in [-0.4, -0.2) is 5.91 Å². The summed E-state index contributed by atoms with van der Waals surface area (Å²) in [5.74, 6) is -0.118. The van der Waals surface area contributed by atoms with E-state index in [1.807, 2.05) is 13.8 Å². The third-order valence-electron chi connectivity index (χ3n) is 3.64. The van der Waals surface area contributed by atoms with Crippen molar-refractivity contribution in [1.29, 1.82) is 5.26 Å². The Morgan fingerprint density at radius 3 is 2.35 bits per heavy atom. The first-order chi connectivity index (χ1) is 9.49. The van der Waals surface area contributed by atoms with Gasteiger partial charge < -0.3 is 5.32 Å². The molecule has 0 aliphatic rings. The molecule has 1 amide bonds. The van der Waals surface area contributed by atoms with Gasteiger partial charge in [-0.05, 0) is 38.3 Å². The molecule has 0 atom stereocenters. The summed E-state index contributed by atoms with van der Waals surface area (Å²) in [5.41, 5.74) is 0.401. The normalized spacial score (nSPS) is 11.2. The van der Waals surface area contributed by atoms with E-state index < -0.39 is 5.41 Å². The van der Waals surface area contributed by atoms with Crippen LogP contribution < -0.4 is 5.32 Å². The molecule has 0 aromatic carbocycles. The van der Waals surface area contributed by atoms with E-state index in [4.69, 9.17) is 0 Å². The number of hydrogen-bond acceptors (Lipinski definition) is 3. The molecule has 0 unspecified atom stereocenters. The highest BCUT2D eigenvalue weighted by molar-refractivity contribution is 7.12. The smallest absolute Gasteiger partial charge is 0.240 e. The van der Waals surface area contributed by atoms with Crippen molar-refractivity contribution in [2.45, 2.75) is 59.9 Å². The Kier molecular flexibility index (Phi) is 6.22. The highest BCUT2D eigenvalue weighted by Gasteiger charge is 2.36. The summed E-state index contributed by atoms with van der Waals surface area (Å²) in [6, 6.07) is 4.37. The molecule has 0 aliphatic carbocycles. The third-order valence-corrected chi connectivity index (χ3v) is 4.79. The molecule has 0 saturated carbocycles. The zero-order chi connectivity index (χ0) is 15.2. The van der Waals surface area contributed by atoms with E-state index in [1.54, 1.807) is 11.3 Å². The fraction of sp³-hybridized carbons (Fsp3) is 0.625. The standard InChI is InChI=1S/C16H24N2OS/c1-5-7-16(11-17,8-6-2)15(19)18-10-14-9-12(3)13(4)20-14/h9H,5-8,10H2,1-4H3,(H,18,19). The molecule has 1 aromatic rings. The quantitative estimate of drug-likeness (QED) is 0.823. The maximum atomic E-state index is 12.4. The Labute approximate surface area is 126 Å². The molecule has 1 heterocycles. The van der Waals surface area contributed by atoms with Crippen molar-refractivity contribution in [2.75, 3.05) is 0 Å². The molecule has 3 nitrogen and oxygen atoms in total. The first-order valence-corrected chi connectivity index (χ1v) is 8.06. The van der Waals surface area contributed by atoms with Crippen LogP contribution in [0.3, 0.4) is 0 Å². The largest absolute Gasteiger partial charge is 0.350 e. The van der Waals surface area contributed by atoms with Crippen LogP contribution in [0.5, 0.6) is 0 Å². The average molecular weight is 292 g/mol. The van der Waals surface area contributed by atoms with Gasteiger partial charge in [-0.15, -0.1) is 11.3 Å². The lowest BCUT2D eigenvalue weighted by Gasteiger charge is -2.24. The number of hydrogen-bond donors (Lipinski definition) is 1. The van der Waals surface area contributed by atoms with Gasteiger partial charge in [0, 0.05) is 9.75 Å². The van der Waals surface area contributed by atoms with Crippen LogP contribution in [0.2, 0.25) is 0 Å². The van der Waals surface area contributed by atoms with Gasteiger partial charge in [0.05, 0.1) is 12.6 Å². The molecule has 4 heteroatoms. The lowest BCUT2D eigenvalue weighted by atomic mass is 9.80. The summed E-state index contributed by atoms with van der Waals surface area (Å²) >= 11 is 1.70. The van der Waals surface area contributed by atoms with Gasteiger partial charge in [-0.2, -0.15) is 5.26 Å². The lowest BCUT2D eigenvalue weighted by Crippen LogP contribution is -2.39. The van der Waals surface area contributed by atoms with E-state index >= 15 is 0 Å². The van der Waals surface area contributed by atoms with Gasteiger partial charge in [-0.25, -0.2) is 0 Å². The monoisotopic (exact) mass is 292 g/mol. The minimum Gasteiger partial charge on any atom is -0.350 e. The number of carbonyl (C=O) groups excluding carboxylic acids is 1. The van der Waals surface area contributed by atoms with Crippen LogP contribution in [-0.2, 0) is 11.3 Å². The molecule has 0 radical (unpaired) electrons. The van der Waals surface area contributed by atoms with Gasteiger partial charge in [0.25, 0.3) is 0 Å². The van der Waals surface area contributed by atoms with Crippen molar-refractivity contribution in [2.24, 2.45) is 5.41 Å². The number of rotatable bonds is 7. The summed E-state index contributed by atoms with van der Waals surface area (Å²) < 4.78 is 0. The Bertz CT molecular complexity index is 474. The van der Waals surface area contributed by atoms with E-state index in [2.05, 4.69) is 31.3 Å². The van der Waals surface area contributed by atoms with Crippen LogP contribution in [0, 0.1) is 30.6 Å². The highest BCUT2D eigenvalue weighted by atomic mass is 32.1. The highest BCUT2D eigenvalue weighted by Crippen LogP contribution is 2.30. The van der Waals surface area contributed by atoms with Crippen LogP contribution in [0.15, 0.2) is 6.07 Å². The van der Waals surface area contributed by atoms with Gasteiger partial charge in [-0.3, -0.25) is 4.79 Å². The van der Waals surface area contributed by atoms with E-state index in [0.717, 1.165) is 17.7 Å². The number of nitrogens with zero attached hydrogens (tertiary/aromatic N) is 1. The number of amides is 1. The molecule has 0 saturated heterocycles. The van der Waals surface area contributed by atoms with E-state index in [0.29, 0.717) is 19.4 Å². The molecule has 1 rings (SSSR count). The zero-order valence-corrected chi connectivity index (χ0v) is 13.7. The number of nitriles is 1. The second-order valence-electron chi connectivity index (χ2n) is 5.33. The molecule has 1 aromatic heterocycles. The molecule has 0 bridgehead atoms. The van der Waals surface area contributed by atoms with Crippen LogP contribution in [0.1, 0.15) is 54.8 Å². The van der Waals surface area contributed by atoms with Crippen LogP contribution in [0.25, 0.3) is 0 Å². The molecular weight excluding hydrogens is 268 g/mol. The Hall–Kier alpha value is -1.34. The molecule has 110 valence electrons. The van der Waals surface area contributed by atoms with Crippen LogP contribution >= 0.6 is 11.3 Å². The Morgan fingerprint density at radius 1 is 1.35 bits per heavy atom. The first-order valence-electron chi connectivity index (χ1n) is 7.24. The predicted octanol–water partition coefficient (Wildman–Crippen LogP) is 4.09. The van der Waals surface area contributed by atoms with Crippen molar-refractivity contribution < 1.29 is 4.79 Å². The summed E-state index contributed by atoms with van der Waals surface area (Å²) in [7, 11) is 0. The van der Waals surface area contributed by atoms with E-state index in [-0.39, 0.29) is 5.91 Å². The third kappa shape index (κ3) is 3.83. The molecular formula is C16H24N2OS. The number of carbonyl (C=O) groups is 1. The SMILES string of the molecule is CCCC(C#N)(CCC)C(=O)NCc1cc(C)c(C)s1. The first kappa shape index (κ1) is 16.7. The Morgan fingerprint density at radius 2 is 1.95 bits per heavy atom. The maximum Gasteiger partial charge on any atom is 0.240 e. The van der Waals surface area contributed by atoms with Gasteiger partial charge in [0.2, 0.25) is 5.91 Å². The molecule has 0 spiro atoms. The number of nitrogens with one attached hydrogen (secondary N) is 1. The molecule has 0 fully saturated rings. The van der Waals surface area contributed by atoms with Crippen molar-refractivity contribution in [3.63, 3.8) is 0 Å². The molecule has 1 N–H and O–H groups in total. The summed E-state index contributed by atoms with van der Waals surface area (Å²) in [6.07, 6.45) is 2.95. The molecule has 20 heavy (non-hydrogen) atoms. The van der Waals surface area contributed by atoms with E-state index in [9.17, 15) is 10.1 Å². The fourth-order valence-corrected chi connectivity index (χ4v) is 3.43. The summed E-state index contributed by atoms with van der Waals surface area (Å²) in [5, 5.41) is 12.4. The minimum absolute atomic E-state index is 0.118. The lowest BCUT2D eigenvalue weighted by molar-refractivity contribution is -0.129. The Balaban J connectivity index is 2.74. The summed E-state index contributed by atoms with van der Waals surface area (Å²) in [6.45, 7) is 8.71. The minimum atomic E-state index is -0.856. The second kappa shape index (κ2) is 7.44. The van der Waals surface area contributed by atoms with Crippen molar-refractivity contribution in [1.82, 2.24) is 5.32 Å². The maximum absolute atomic E-state index is 12.4. The fourth-order valence-electron chi connectivity index (χ4n) is 2.44. The predicted molar refractivity (Wildman–Crippen MR) is 83.5 cm³/mol. The number of aryl methyl sites for hydroxylation is 2. The van der Waals surface area contributed by atoms with Crippen LogP contribution in [0.4, 0.5) is 0 Å². The topological polar surface area (TPSA) is 52.9 Å². The van der Waals surface area contributed by atoms with Gasteiger partial charge in [0.1, 0.15) is 5.41 Å². The second-order valence-corrected chi connectivity index (χ2v) is 6.67. The van der Waals surface area contributed by atoms with Crippen molar-refractivity contribution >= 4 is 17.2 Å². The number of thiophene rings is 1. The van der Waals surface area contributed by atoms with Crippen molar-refractivity contribution in [3.8, 4) is 6.07 Å². The van der Waals surface area contributed by atoms with Crippen molar-refractivity contribution in [3.05, 3.63) is 21.4 Å². The molecule has 0 aliphatic heterocycles. The van der Waals surface area contributed by atoms with Gasteiger partial charge in [-0.1, -0.05) is 26.7 Å². The van der Waals surface area contributed by atoms with Gasteiger partial charge >= 0.3 is 0 Å². The average Bonchev–Trinajstić information content (AvgIpc) is 2.74. The van der Waals surface area contributed by atoms with E-state index in [1.165, 1.54) is 10.4 Å². The summed E-state index contributed by atoms with van der Waals surface area (Å²) in [4.78, 5) is 14.8. The van der Waals surface area contributed by atoms with Gasteiger partial charge in [0.15, 0.2) is 0 Å².